The lowest BCUT2D eigenvalue weighted by Crippen LogP contribution is -2.50. The van der Waals surface area contributed by atoms with Gasteiger partial charge in [0, 0.05) is 18.9 Å². The average molecular weight is 300 g/mol. The average Bonchev–Trinajstić information content (AvgIpc) is 3.11. The van der Waals surface area contributed by atoms with Crippen LogP contribution in [-0.4, -0.2) is 37.6 Å². The van der Waals surface area contributed by atoms with E-state index in [1.165, 1.54) is 0 Å². The van der Waals surface area contributed by atoms with E-state index in [0.717, 1.165) is 44.1 Å². The molecule has 1 aliphatic carbocycles. The minimum Gasteiger partial charge on any atom is -0.354 e. The van der Waals surface area contributed by atoms with Gasteiger partial charge in [0.25, 0.3) is 0 Å². The first-order chi connectivity index (χ1) is 10.8. The van der Waals surface area contributed by atoms with Crippen molar-refractivity contribution in [1.82, 2.24) is 30.5 Å². The molecule has 1 aliphatic rings. The maximum absolute atomic E-state index is 12.8. The molecule has 0 unspecified atom stereocenters. The van der Waals surface area contributed by atoms with Crippen molar-refractivity contribution in [3.05, 3.63) is 36.4 Å². The molecule has 3 rings (SSSR count). The molecule has 1 N–H and O–H groups in total. The molecule has 0 bridgehead atoms. The highest BCUT2D eigenvalue weighted by Crippen LogP contribution is 2.34. The van der Waals surface area contributed by atoms with Crippen LogP contribution in [0.25, 0.3) is 0 Å². The maximum atomic E-state index is 12.8. The van der Waals surface area contributed by atoms with Gasteiger partial charge >= 0.3 is 0 Å². The minimum absolute atomic E-state index is 0.0218. The molecule has 7 heteroatoms. The number of tetrazole rings is 1. The van der Waals surface area contributed by atoms with E-state index in [4.69, 9.17) is 0 Å². The van der Waals surface area contributed by atoms with Crippen molar-refractivity contribution in [3.8, 4) is 0 Å². The molecule has 1 fully saturated rings. The topological polar surface area (TPSA) is 85.6 Å². The number of nitrogens with zero attached hydrogens (tertiary/aromatic N) is 5. The third-order valence-electron chi connectivity index (χ3n) is 4.34. The first-order valence-electron chi connectivity index (χ1n) is 7.72. The van der Waals surface area contributed by atoms with Crippen LogP contribution < -0.4 is 5.32 Å². The smallest absolute Gasteiger partial charge is 0.248 e. The lowest BCUT2D eigenvalue weighted by atomic mass is 9.81. The molecule has 0 saturated heterocycles. The van der Waals surface area contributed by atoms with E-state index < -0.39 is 5.54 Å². The number of carbonyl (C=O) groups is 1. The number of aromatic nitrogens is 5. The number of hydrogen-bond acceptors (Lipinski definition) is 5. The lowest BCUT2D eigenvalue weighted by molar-refractivity contribution is -0.132. The van der Waals surface area contributed by atoms with Crippen molar-refractivity contribution < 1.29 is 4.79 Å². The summed E-state index contributed by atoms with van der Waals surface area (Å²) >= 11 is 0. The zero-order valence-corrected chi connectivity index (χ0v) is 12.5. The van der Waals surface area contributed by atoms with Gasteiger partial charge in [-0.1, -0.05) is 19.3 Å². The van der Waals surface area contributed by atoms with Gasteiger partial charge in [-0.2, -0.15) is 0 Å². The summed E-state index contributed by atoms with van der Waals surface area (Å²) in [4.78, 5) is 16.8. The van der Waals surface area contributed by atoms with Crippen molar-refractivity contribution in [2.75, 3.05) is 6.54 Å². The SMILES string of the molecule is O=C(NCCc1ccncc1)C1(n2cnnn2)CCCCC1. The molecule has 7 nitrogen and oxygen atoms in total. The first-order valence-corrected chi connectivity index (χ1v) is 7.72. The van der Waals surface area contributed by atoms with Crippen LogP contribution in [0.4, 0.5) is 0 Å². The zero-order chi connectivity index (χ0) is 15.3. The van der Waals surface area contributed by atoms with Crippen LogP contribution in [0.2, 0.25) is 0 Å². The van der Waals surface area contributed by atoms with Gasteiger partial charge in [-0.25, -0.2) is 4.68 Å². The monoisotopic (exact) mass is 300 g/mol. The molecule has 0 aliphatic heterocycles. The zero-order valence-electron chi connectivity index (χ0n) is 12.5. The Kier molecular flexibility index (Phi) is 4.41. The van der Waals surface area contributed by atoms with E-state index in [1.807, 2.05) is 12.1 Å². The number of nitrogens with one attached hydrogen (secondary N) is 1. The predicted octanol–water partition coefficient (Wildman–Crippen LogP) is 1.09. The quantitative estimate of drug-likeness (QED) is 0.893. The predicted molar refractivity (Wildman–Crippen MR) is 79.8 cm³/mol. The van der Waals surface area contributed by atoms with Crippen LogP contribution in [0.5, 0.6) is 0 Å². The Hall–Kier alpha value is -2.31. The van der Waals surface area contributed by atoms with Gasteiger partial charge in [0.15, 0.2) is 0 Å². The normalized spacial score (nSPS) is 17.1. The summed E-state index contributed by atoms with van der Waals surface area (Å²) in [5, 5.41) is 14.4. The Morgan fingerprint density at radius 3 is 2.68 bits per heavy atom. The molecule has 2 aromatic heterocycles. The fraction of sp³-hybridized carbons (Fsp3) is 0.533. The van der Waals surface area contributed by atoms with Gasteiger partial charge in [0.05, 0.1) is 0 Å². The Morgan fingerprint density at radius 1 is 1.23 bits per heavy atom. The van der Waals surface area contributed by atoms with E-state index in [-0.39, 0.29) is 5.91 Å². The summed E-state index contributed by atoms with van der Waals surface area (Å²) in [7, 11) is 0. The standard InChI is InChI=1S/C15H20N6O/c22-14(17-11-6-13-4-9-16-10-5-13)15(7-2-1-3-8-15)21-12-18-19-20-21/h4-5,9-10,12H,1-3,6-8,11H2,(H,17,22). The molecule has 2 heterocycles. The van der Waals surface area contributed by atoms with Gasteiger partial charge in [-0.15, -0.1) is 5.10 Å². The maximum Gasteiger partial charge on any atom is 0.248 e. The van der Waals surface area contributed by atoms with Gasteiger partial charge < -0.3 is 5.32 Å². The van der Waals surface area contributed by atoms with E-state index >= 15 is 0 Å². The van der Waals surface area contributed by atoms with Gasteiger partial charge in [-0.3, -0.25) is 9.78 Å². The van der Waals surface area contributed by atoms with E-state index in [9.17, 15) is 4.79 Å². The second-order valence-corrected chi connectivity index (χ2v) is 5.71. The summed E-state index contributed by atoms with van der Waals surface area (Å²) in [6.07, 6.45) is 10.7. The third kappa shape index (κ3) is 2.98. The highest BCUT2D eigenvalue weighted by Gasteiger charge is 2.42. The number of amides is 1. The van der Waals surface area contributed by atoms with Crippen LogP contribution in [0.3, 0.4) is 0 Å². The molecular weight excluding hydrogens is 280 g/mol. The number of hydrogen-bond donors (Lipinski definition) is 1. The molecule has 1 saturated carbocycles. The van der Waals surface area contributed by atoms with E-state index in [2.05, 4.69) is 25.8 Å². The Bertz CT molecular complexity index is 592. The van der Waals surface area contributed by atoms with Gasteiger partial charge in [0.1, 0.15) is 11.9 Å². The summed E-state index contributed by atoms with van der Waals surface area (Å²) in [6, 6.07) is 3.92. The molecule has 0 radical (unpaired) electrons. The van der Waals surface area contributed by atoms with Crippen molar-refractivity contribution in [2.24, 2.45) is 0 Å². The van der Waals surface area contributed by atoms with Gasteiger partial charge in [0.2, 0.25) is 5.91 Å². The van der Waals surface area contributed by atoms with Gasteiger partial charge in [-0.05, 0) is 47.4 Å². The second-order valence-electron chi connectivity index (χ2n) is 5.71. The van der Waals surface area contributed by atoms with Crippen LogP contribution in [-0.2, 0) is 16.8 Å². The molecular formula is C15H20N6O. The largest absolute Gasteiger partial charge is 0.354 e. The molecule has 0 spiro atoms. The van der Waals surface area contributed by atoms with Crippen LogP contribution in [0, 0.1) is 0 Å². The molecule has 1 amide bonds. The lowest BCUT2D eigenvalue weighted by Gasteiger charge is -2.35. The fourth-order valence-electron chi connectivity index (χ4n) is 3.09. The molecule has 22 heavy (non-hydrogen) atoms. The van der Waals surface area contributed by atoms with E-state index in [0.29, 0.717) is 6.54 Å². The number of pyridine rings is 1. The summed E-state index contributed by atoms with van der Waals surface area (Å²) in [5.74, 6) is 0.0218. The highest BCUT2D eigenvalue weighted by atomic mass is 16.2. The molecule has 0 aromatic carbocycles. The van der Waals surface area contributed by atoms with Crippen molar-refractivity contribution in [1.29, 1.82) is 0 Å². The Morgan fingerprint density at radius 2 is 2.00 bits per heavy atom. The second kappa shape index (κ2) is 6.64. The van der Waals surface area contributed by atoms with Crippen molar-refractivity contribution in [3.63, 3.8) is 0 Å². The fourth-order valence-corrected chi connectivity index (χ4v) is 3.09. The summed E-state index contributed by atoms with van der Waals surface area (Å²) in [6.45, 7) is 0.604. The minimum atomic E-state index is -0.625. The van der Waals surface area contributed by atoms with Crippen LogP contribution >= 0.6 is 0 Å². The van der Waals surface area contributed by atoms with Crippen molar-refractivity contribution >= 4 is 5.91 Å². The Balaban J connectivity index is 1.65. The third-order valence-corrected chi connectivity index (χ3v) is 4.34. The highest BCUT2D eigenvalue weighted by molar-refractivity contribution is 5.84. The van der Waals surface area contributed by atoms with Crippen molar-refractivity contribution in [2.45, 2.75) is 44.1 Å². The van der Waals surface area contributed by atoms with E-state index in [1.54, 1.807) is 23.4 Å². The first kappa shape index (κ1) is 14.6. The number of carbonyl (C=O) groups excluding carboxylic acids is 1. The number of rotatable bonds is 5. The Labute approximate surface area is 129 Å². The molecule has 2 aromatic rings. The summed E-state index contributed by atoms with van der Waals surface area (Å²) in [5.41, 5.74) is 0.537. The van der Waals surface area contributed by atoms with Crippen LogP contribution in [0.1, 0.15) is 37.7 Å². The van der Waals surface area contributed by atoms with Crippen LogP contribution in [0.15, 0.2) is 30.9 Å². The summed E-state index contributed by atoms with van der Waals surface area (Å²) < 4.78 is 1.63. The molecule has 0 atom stereocenters. The molecule has 116 valence electrons.